The number of fused-ring (bicyclic) bond motifs is 1. The number of aliphatic imine (C=N–C) groups is 1. The molecule has 0 aliphatic carbocycles. The molecule has 4 rings (SSSR count). The van der Waals surface area contributed by atoms with Gasteiger partial charge in [-0.1, -0.05) is 29.8 Å². The molecule has 0 unspecified atom stereocenters. The van der Waals surface area contributed by atoms with Crippen molar-refractivity contribution in [2.75, 3.05) is 6.61 Å². The number of halogens is 1. The highest BCUT2D eigenvalue weighted by atomic mass is 35.5. The minimum absolute atomic E-state index is 0.00564. The number of hydrogen-bond donors (Lipinski definition) is 2. The van der Waals surface area contributed by atoms with E-state index in [9.17, 15) is 19.5 Å². The Bertz CT molecular complexity index is 1370. The first-order valence-electron chi connectivity index (χ1n) is 9.32. The number of aromatic amines is 1. The maximum Gasteiger partial charge on any atom is 0.357 e. The molecule has 31 heavy (non-hydrogen) atoms. The number of H-pyrrole nitrogens is 1. The first kappa shape index (κ1) is 20.4. The number of rotatable bonds is 4. The van der Waals surface area contributed by atoms with Gasteiger partial charge in [0.2, 0.25) is 5.88 Å². The van der Waals surface area contributed by atoms with Gasteiger partial charge in [0.25, 0.3) is 5.56 Å². The second kappa shape index (κ2) is 8.08. The molecule has 1 aliphatic rings. The summed E-state index contributed by atoms with van der Waals surface area (Å²) in [6, 6.07) is 13.1. The van der Waals surface area contributed by atoms with E-state index in [0.29, 0.717) is 27.5 Å². The summed E-state index contributed by atoms with van der Waals surface area (Å²) in [7, 11) is 0. The molecule has 1 aromatic heterocycles. The predicted octanol–water partition coefficient (Wildman–Crippen LogP) is 3.07. The summed E-state index contributed by atoms with van der Waals surface area (Å²) in [5.74, 6) is -1.25. The van der Waals surface area contributed by atoms with Crippen LogP contribution in [0.25, 0.3) is 17.3 Å². The SMILES string of the molecule is CCOC(=O)C1=Nc2ccccc2/C1=C\c1c(O)n(-c2ccc(Cl)cc2)c(=O)[nH]c1=O. The molecule has 2 aromatic carbocycles. The maximum atomic E-state index is 12.5. The summed E-state index contributed by atoms with van der Waals surface area (Å²) in [6.45, 7) is 1.82. The van der Waals surface area contributed by atoms with Crippen molar-refractivity contribution >= 4 is 40.6 Å². The summed E-state index contributed by atoms with van der Waals surface area (Å²) in [5, 5.41) is 11.3. The van der Waals surface area contributed by atoms with Gasteiger partial charge in [-0.2, -0.15) is 0 Å². The van der Waals surface area contributed by atoms with Crippen LogP contribution >= 0.6 is 11.6 Å². The molecular weight excluding hydrogens is 422 g/mol. The highest BCUT2D eigenvalue weighted by Crippen LogP contribution is 2.36. The van der Waals surface area contributed by atoms with E-state index >= 15 is 0 Å². The summed E-state index contributed by atoms with van der Waals surface area (Å²) < 4.78 is 6.02. The van der Waals surface area contributed by atoms with Crippen molar-refractivity contribution in [2.45, 2.75) is 6.92 Å². The maximum absolute atomic E-state index is 12.5. The third kappa shape index (κ3) is 3.69. The Morgan fingerprint density at radius 2 is 1.90 bits per heavy atom. The Morgan fingerprint density at radius 3 is 2.61 bits per heavy atom. The number of ether oxygens (including phenoxy) is 1. The Hall–Kier alpha value is -3.91. The van der Waals surface area contributed by atoms with Gasteiger partial charge in [-0.05, 0) is 43.3 Å². The molecule has 0 fully saturated rings. The lowest BCUT2D eigenvalue weighted by Gasteiger charge is -2.11. The molecule has 0 saturated carbocycles. The van der Waals surface area contributed by atoms with Crippen LogP contribution in [0.15, 0.2) is 63.1 Å². The number of hydrogen-bond acceptors (Lipinski definition) is 6. The fourth-order valence-corrected chi connectivity index (χ4v) is 3.38. The molecular formula is C22H16ClN3O5. The molecule has 0 saturated heterocycles. The molecule has 2 heterocycles. The number of nitrogens with one attached hydrogen (secondary N) is 1. The number of aromatic hydroxyl groups is 1. The number of benzene rings is 2. The molecule has 2 N–H and O–H groups in total. The minimum atomic E-state index is -0.821. The zero-order valence-corrected chi connectivity index (χ0v) is 17.0. The van der Waals surface area contributed by atoms with Crippen LogP contribution in [0.3, 0.4) is 0 Å². The van der Waals surface area contributed by atoms with Crippen LogP contribution in [-0.4, -0.2) is 32.9 Å². The monoisotopic (exact) mass is 437 g/mol. The standard InChI is InChI=1S/C22H16ClN3O5/c1-2-31-21(29)18-15(14-5-3-4-6-17(14)24-18)11-16-19(27)25-22(30)26(20(16)28)13-9-7-12(23)8-10-13/h3-11,28H,2H2,1H3,(H,25,27,30)/b15-11+. The minimum Gasteiger partial charge on any atom is -0.494 e. The van der Waals surface area contributed by atoms with E-state index in [1.54, 1.807) is 43.3 Å². The van der Waals surface area contributed by atoms with E-state index in [4.69, 9.17) is 16.3 Å². The van der Waals surface area contributed by atoms with Crippen molar-refractivity contribution in [1.82, 2.24) is 9.55 Å². The van der Waals surface area contributed by atoms with Crippen LogP contribution in [0, 0.1) is 0 Å². The lowest BCUT2D eigenvalue weighted by atomic mass is 10.0. The lowest BCUT2D eigenvalue weighted by molar-refractivity contribution is -0.134. The lowest BCUT2D eigenvalue weighted by Crippen LogP contribution is -2.30. The van der Waals surface area contributed by atoms with Gasteiger partial charge in [0.05, 0.1) is 18.0 Å². The smallest absolute Gasteiger partial charge is 0.357 e. The molecule has 9 heteroatoms. The Kier molecular flexibility index (Phi) is 5.31. The molecule has 1 aliphatic heterocycles. The van der Waals surface area contributed by atoms with Crippen LogP contribution in [0.1, 0.15) is 18.1 Å². The first-order valence-corrected chi connectivity index (χ1v) is 9.70. The molecule has 0 amide bonds. The predicted molar refractivity (Wildman–Crippen MR) is 117 cm³/mol. The van der Waals surface area contributed by atoms with Crippen LogP contribution < -0.4 is 11.2 Å². The zero-order valence-electron chi connectivity index (χ0n) is 16.3. The third-order valence-electron chi connectivity index (χ3n) is 4.64. The fourth-order valence-electron chi connectivity index (χ4n) is 3.25. The normalized spacial score (nSPS) is 13.7. The number of para-hydroxylation sites is 1. The summed E-state index contributed by atoms with van der Waals surface area (Å²) in [4.78, 5) is 43.9. The van der Waals surface area contributed by atoms with Crippen molar-refractivity contribution in [3.8, 4) is 11.6 Å². The van der Waals surface area contributed by atoms with E-state index in [2.05, 4.69) is 9.98 Å². The van der Waals surface area contributed by atoms with Crippen LogP contribution in [-0.2, 0) is 9.53 Å². The van der Waals surface area contributed by atoms with Gasteiger partial charge in [-0.25, -0.2) is 19.1 Å². The van der Waals surface area contributed by atoms with Crippen LogP contribution in [0.2, 0.25) is 5.02 Å². The van der Waals surface area contributed by atoms with Crippen molar-refractivity contribution < 1.29 is 14.6 Å². The topological polar surface area (TPSA) is 114 Å². The molecule has 0 atom stereocenters. The largest absolute Gasteiger partial charge is 0.494 e. The molecule has 156 valence electrons. The van der Waals surface area contributed by atoms with Crippen molar-refractivity contribution in [3.05, 3.63) is 85.5 Å². The van der Waals surface area contributed by atoms with Crippen molar-refractivity contribution in [3.63, 3.8) is 0 Å². The van der Waals surface area contributed by atoms with Crippen LogP contribution in [0.5, 0.6) is 5.88 Å². The number of nitrogens with zero attached hydrogens (tertiary/aromatic N) is 2. The van der Waals surface area contributed by atoms with Gasteiger partial charge in [-0.15, -0.1) is 0 Å². The Labute approximate surface area is 180 Å². The van der Waals surface area contributed by atoms with E-state index in [-0.39, 0.29) is 17.9 Å². The quantitative estimate of drug-likeness (QED) is 0.609. The Morgan fingerprint density at radius 1 is 1.19 bits per heavy atom. The van der Waals surface area contributed by atoms with Crippen molar-refractivity contribution in [2.24, 2.45) is 4.99 Å². The summed E-state index contributed by atoms with van der Waals surface area (Å²) >= 11 is 5.89. The molecule has 3 aromatic rings. The molecule has 0 radical (unpaired) electrons. The first-order chi connectivity index (χ1) is 14.9. The van der Waals surface area contributed by atoms with Gasteiger partial charge < -0.3 is 9.84 Å². The van der Waals surface area contributed by atoms with Gasteiger partial charge in [-0.3, -0.25) is 9.78 Å². The van der Waals surface area contributed by atoms with Gasteiger partial charge in [0.15, 0.2) is 5.71 Å². The summed E-state index contributed by atoms with van der Waals surface area (Å²) in [5.41, 5.74) is -0.118. The van der Waals surface area contributed by atoms with Crippen molar-refractivity contribution in [1.29, 1.82) is 0 Å². The number of carbonyl (C=O) groups is 1. The van der Waals surface area contributed by atoms with Gasteiger partial charge in [0.1, 0.15) is 5.56 Å². The molecule has 0 bridgehead atoms. The Balaban J connectivity index is 1.93. The molecule has 8 nitrogen and oxygen atoms in total. The number of esters is 1. The zero-order chi connectivity index (χ0) is 22.1. The van der Waals surface area contributed by atoms with E-state index < -0.39 is 23.1 Å². The van der Waals surface area contributed by atoms with E-state index in [1.165, 1.54) is 18.2 Å². The third-order valence-corrected chi connectivity index (χ3v) is 4.90. The highest BCUT2D eigenvalue weighted by Gasteiger charge is 2.28. The van der Waals surface area contributed by atoms with E-state index in [1.807, 2.05) is 0 Å². The van der Waals surface area contributed by atoms with E-state index in [0.717, 1.165) is 4.57 Å². The number of aromatic nitrogens is 2. The average Bonchev–Trinajstić information content (AvgIpc) is 3.11. The van der Waals surface area contributed by atoms with Crippen LogP contribution in [0.4, 0.5) is 5.69 Å². The van der Waals surface area contributed by atoms with Gasteiger partial charge in [0, 0.05) is 16.2 Å². The average molecular weight is 438 g/mol. The summed E-state index contributed by atoms with van der Waals surface area (Å²) in [6.07, 6.45) is 1.32. The highest BCUT2D eigenvalue weighted by molar-refractivity contribution is 6.58. The fraction of sp³-hybridized carbons (Fsp3) is 0.0909. The molecule has 0 spiro atoms. The van der Waals surface area contributed by atoms with Gasteiger partial charge >= 0.3 is 11.7 Å². The second-order valence-electron chi connectivity index (χ2n) is 6.56. The second-order valence-corrected chi connectivity index (χ2v) is 7.00. The number of carbonyl (C=O) groups excluding carboxylic acids is 1.